The third kappa shape index (κ3) is 3.52. The highest BCUT2D eigenvalue weighted by Gasteiger charge is 2.26. The predicted octanol–water partition coefficient (Wildman–Crippen LogP) is 0.845. The third-order valence-electron chi connectivity index (χ3n) is 3.20. The lowest BCUT2D eigenvalue weighted by atomic mass is 9.86. The van der Waals surface area contributed by atoms with Gasteiger partial charge in [-0.3, -0.25) is 4.79 Å². The van der Waals surface area contributed by atoms with Crippen molar-refractivity contribution in [1.82, 2.24) is 15.5 Å². The van der Waals surface area contributed by atoms with Crippen LogP contribution in [-0.2, 0) is 11.2 Å². The van der Waals surface area contributed by atoms with Crippen LogP contribution in [0.4, 0.5) is 0 Å². The number of nitrogens with zero attached hydrogens (tertiary/aromatic N) is 2. The first kappa shape index (κ1) is 12.0. The summed E-state index contributed by atoms with van der Waals surface area (Å²) in [5.41, 5.74) is 0. The van der Waals surface area contributed by atoms with Crippen molar-refractivity contribution in [3.8, 4) is 0 Å². The summed E-state index contributed by atoms with van der Waals surface area (Å²) in [4.78, 5) is 14.8. The molecular weight excluding hydrogens is 222 g/mol. The van der Waals surface area contributed by atoms with Gasteiger partial charge in [-0.05, 0) is 19.3 Å². The zero-order chi connectivity index (χ0) is 12.1. The predicted molar refractivity (Wildman–Crippen MR) is 59.4 cm³/mol. The van der Waals surface area contributed by atoms with Gasteiger partial charge in [-0.15, -0.1) is 0 Å². The number of aliphatic carboxylic acids is 1. The fraction of sp³-hybridized carbons (Fsp3) is 0.727. The van der Waals surface area contributed by atoms with Crippen molar-refractivity contribution in [3.63, 3.8) is 0 Å². The molecule has 0 saturated heterocycles. The molecule has 0 aliphatic heterocycles. The quantitative estimate of drug-likeness (QED) is 0.791. The van der Waals surface area contributed by atoms with E-state index in [1.54, 1.807) is 0 Å². The van der Waals surface area contributed by atoms with Crippen LogP contribution in [0.3, 0.4) is 0 Å². The molecule has 2 N–H and O–H groups in total. The summed E-state index contributed by atoms with van der Waals surface area (Å²) < 4.78 is 4.89. The minimum absolute atomic E-state index is 0.190. The number of carboxylic acids is 1. The zero-order valence-electron chi connectivity index (χ0n) is 9.63. The second-order valence-electron chi connectivity index (χ2n) is 4.44. The van der Waals surface area contributed by atoms with E-state index >= 15 is 0 Å². The number of rotatable bonds is 5. The number of carbonyl (C=O) groups is 1. The lowest BCUT2D eigenvalue weighted by molar-refractivity contribution is -0.143. The van der Waals surface area contributed by atoms with E-state index in [2.05, 4.69) is 15.5 Å². The molecule has 2 atom stereocenters. The molecular formula is C11H17N3O3. The Morgan fingerprint density at radius 3 is 3.18 bits per heavy atom. The van der Waals surface area contributed by atoms with Crippen LogP contribution < -0.4 is 5.32 Å². The van der Waals surface area contributed by atoms with Crippen molar-refractivity contribution in [2.45, 2.75) is 38.1 Å². The minimum Gasteiger partial charge on any atom is -0.481 e. The summed E-state index contributed by atoms with van der Waals surface area (Å²) in [5, 5.41) is 15.9. The largest absolute Gasteiger partial charge is 0.481 e. The molecule has 1 aliphatic rings. The van der Waals surface area contributed by atoms with E-state index in [1.165, 1.54) is 6.33 Å². The van der Waals surface area contributed by atoms with Crippen molar-refractivity contribution in [2.24, 2.45) is 5.92 Å². The van der Waals surface area contributed by atoms with E-state index in [0.717, 1.165) is 32.2 Å². The Hall–Kier alpha value is -1.43. The molecule has 2 unspecified atom stereocenters. The number of hydrogen-bond acceptors (Lipinski definition) is 5. The number of nitrogens with one attached hydrogen (secondary N) is 1. The first-order chi connectivity index (χ1) is 8.25. The van der Waals surface area contributed by atoms with Crippen molar-refractivity contribution < 1.29 is 14.4 Å². The molecule has 6 nitrogen and oxygen atoms in total. The third-order valence-corrected chi connectivity index (χ3v) is 3.20. The average molecular weight is 239 g/mol. The Labute approximate surface area is 99.4 Å². The van der Waals surface area contributed by atoms with Gasteiger partial charge in [0.2, 0.25) is 5.89 Å². The van der Waals surface area contributed by atoms with Gasteiger partial charge < -0.3 is 14.9 Å². The Kier molecular flexibility index (Phi) is 4.08. The number of carboxylic acid groups (broad SMARTS) is 1. The summed E-state index contributed by atoms with van der Waals surface area (Å²) in [7, 11) is 0. The summed E-state index contributed by atoms with van der Waals surface area (Å²) in [5.74, 6) is -0.249. The number of aromatic nitrogens is 2. The molecule has 0 bridgehead atoms. The first-order valence-corrected chi connectivity index (χ1v) is 5.97. The molecule has 1 saturated carbocycles. The highest BCUT2D eigenvalue weighted by Crippen LogP contribution is 2.24. The molecule has 1 aromatic rings. The highest BCUT2D eigenvalue weighted by molar-refractivity contribution is 5.70. The molecule has 1 heterocycles. The fourth-order valence-electron chi connectivity index (χ4n) is 2.29. The van der Waals surface area contributed by atoms with Crippen LogP contribution in [0.1, 0.15) is 31.6 Å². The molecule has 1 fully saturated rings. The SMILES string of the molecule is O=C(O)C1CCCC(NCCc2ncno2)C1. The fourth-order valence-corrected chi connectivity index (χ4v) is 2.29. The summed E-state index contributed by atoms with van der Waals surface area (Å²) in [6, 6.07) is 0.299. The van der Waals surface area contributed by atoms with Crippen LogP contribution in [0.25, 0.3) is 0 Å². The summed E-state index contributed by atoms with van der Waals surface area (Å²) in [6.07, 6.45) is 5.63. The molecule has 0 radical (unpaired) electrons. The smallest absolute Gasteiger partial charge is 0.306 e. The molecule has 1 aliphatic carbocycles. The van der Waals surface area contributed by atoms with Gasteiger partial charge in [-0.25, -0.2) is 0 Å². The molecule has 17 heavy (non-hydrogen) atoms. The van der Waals surface area contributed by atoms with Gasteiger partial charge in [0.25, 0.3) is 0 Å². The second-order valence-corrected chi connectivity index (χ2v) is 4.44. The van der Waals surface area contributed by atoms with E-state index < -0.39 is 5.97 Å². The first-order valence-electron chi connectivity index (χ1n) is 5.97. The molecule has 0 spiro atoms. The molecule has 6 heteroatoms. The lowest BCUT2D eigenvalue weighted by Crippen LogP contribution is -2.37. The minimum atomic E-state index is -0.673. The van der Waals surface area contributed by atoms with Crippen LogP contribution in [0.2, 0.25) is 0 Å². The van der Waals surface area contributed by atoms with Crippen LogP contribution in [0.15, 0.2) is 10.9 Å². The van der Waals surface area contributed by atoms with E-state index in [0.29, 0.717) is 18.4 Å². The summed E-state index contributed by atoms with van der Waals surface area (Å²) in [6.45, 7) is 0.749. The maximum Gasteiger partial charge on any atom is 0.306 e. The Morgan fingerprint density at radius 1 is 1.59 bits per heavy atom. The van der Waals surface area contributed by atoms with E-state index in [4.69, 9.17) is 9.63 Å². The van der Waals surface area contributed by atoms with Crippen molar-refractivity contribution in [1.29, 1.82) is 0 Å². The van der Waals surface area contributed by atoms with Gasteiger partial charge in [0.1, 0.15) is 0 Å². The van der Waals surface area contributed by atoms with E-state index in [9.17, 15) is 4.79 Å². The Bertz CT molecular complexity index is 353. The monoisotopic (exact) mass is 239 g/mol. The molecule has 1 aromatic heterocycles. The van der Waals surface area contributed by atoms with Gasteiger partial charge >= 0.3 is 5.97 Å². The van der Waals surface area contributed by atoms with Crippen LogP contribution in [0.5, 0.6) is 0 Å². The normalized spacial score (nSPS) is 24.7. The van der Waals surface area contributed by atoms with Crippen molar-refractivity contribution in [2.75, 3.05) is 6.54 Å². The molecule has 0 aromatic carbocycles. The Morgan fingerprint density at radius 2 is 2.47 bits per heavy atom. The highest BCUT2D eigenvalue weighted by atomic mass is 16.5. The van der Waals surface area contributed by atoms with Crippen LogP contribution in [0, 0.1) is 5.92 Å². The lowest BCUT2D eigenvalue weighted by Gasteiger charge is -2.27. The second kappa shape index (κ2) is 5.77. The maximum absolute atomic E-state index is 10.9. The van der Waals surface area contributed by atoms with Crippen LogP contribution >= 0.6 is 0 Å². The summed E-state index contributed by atoms with van der Waals surface area (Å²) >= 11 is 0. The molecule has 0 amide bonds. The van der Waals surface area contributed by atoms with Crippen LogP contribution in [-0.4, -0.2) is 33.8 Å². The van der Waals surface area contributed by atoms with Gasteiger partial charge in [0.05, 0.1) is 5.92 Å². The maximum atomic E-state index is 10.9. The zero-order valence-corrected chi connectivity index (χ0v) is 9.63. The number of hydrogen-bond donors (Lipinski definition) is 2. The molecule has 94 valence electrons. The van der Waals surface area contributed by atoms with E-state index in [-0.39, 0.29) is 5.92 Å². The van der Waals surface area contributed by atoms with Crippen molar-refractivity contribution in [3.05, 3.63) is 12.2 Å². The van der Waals surface area contributed by atoms with Crippen molar-refractivity contribution >= 4 is 5.97 Å². The van der Waals surface area contributed by atoms with Gasteiger partial charge in [-0.2, -0.15) is 4.98 Å². The Balaban J connectivity index is 1.70. The van der Waals surface area contributed by atoms with E-state index in [1.807, 2.05) is 0 Å². The standard InChI is InChI=1S/C11H17N3O3/c15-11(16)8-2-1-3-9(6-8)12-5-4-10-13-7-14-17-10/h7-9,12H,1-6H2,(H,15,16). The van der Waals surface area contributed by atoms with Gasteiger partial charge in [0, 0.05) is 19.0 Å². The van der Waals surface area contributed by atoms with Gasteiger partial charge in [0.15, 0.2) is 6.33 Å². The molecule has 2 rings (SSSR count). The topological polar surface area (TPSA) is 88.2 Å². The van der Waals surface area contributed by atoms with Gasteiger partial charge in [-0.1, -0.05) is 11.6 Å². The average Bonchev–Trinajstić information content (AvgIpc) is 2.82.